The van der Waals surface area contributed by atoms with Crippen LogP contribution in [0.3, 0.4) is 0 Å². The molecule has 0 unspecified atom stereocenters. The molecule has 5 aromatic rings. The first-order valence-corrected chi connectivity index (χ1v) is 9.65. The molecule has 0 radical (unpaired) electrons. The molecular formula is C20H12BrFN6O2. The van der Waals surface area contributed by atoms with Gasteiger partial charge in [-0.15, -0.1) is 0 Å². The van der Waals surface area contributed by atoms with Gasteiger partial charge < -0.3 is 4.52 Å². The third-order valence-electron chi connectivity index (χ3n) is 4.50. The summed E-state index contributed by atoms with van der Waals surface area (Å²) in [6.07, 6.45) is 2.83. The monoisotopic (exact) mass is 466 g/mol. The predicted molar refractivity (Wildman–Crippen MR) is 110 cm³/mol. The molecule has 148 valence electrons. The number of aromatic nitrogens is 6. The summed E-state index contributed by atoms with van der Waals surface area (Å²) in [5.41, 5.74) is 1.49. The Hall–Kier alpha value is -3.66. The van der Waals surface area contributed by atoms with Gasteiger partial charge in [0.25, 0.3) is 5.56 Å². The number of benzene rings is 2. The Labute approximate surface area is 176 Å². The highest BCUT2D eigenvalue weighted by Gasteiger charge is 2.14. The van der Waals surface area contributed by atoms with Crippen molar-refractivity contribution in [1.29, 1.82) is 0 Å². The molecule has 0 aliphatic rings. The first kappa shape index (κ1) is 18.4. The summed E-state index contributed by atoms with van der Waals surface area (Å²) in [6.45, 7) is 0.0764. The van der Waals surface area contributed by atoms with Crippen molar-refractivity contribution in [1.82, 2.24) is 29.5 Å². The number of hydrogen-bond acceptors (Lipinski definition) is 6. The largest absolute Gasteiger partial charge is 0.337 e. The number of rotatable bonds is 4. The van der Waals surface area contributed by atoms with Crippen LogP contribution in [0.4, 0.5) is 4.39 Å². The van der Waals surface area contributed by atoms with Gasteiger partial charge in [0.2, 0.25) is 11.7 Å². The van der Waals surface area contributed by atoms with Crippen LogP contribution in [0.1, 0.15) is 5.89 Å². The Morgan fingerprint density at radius 3 is 2.60 bits per heavy atom. The molecule has 0 aliphatic carbocycles. The zero-order valence-electron chi connectivity index (χ0n) is 15.2. The van der Waals surface area contributed by atoms with Gasteiger partial charge in [-0.25, -0.2) is 14.1 Å². The molecule has 5 rings (SSSR count). The van der Waals surface area contributed by atoms with E-state index in [0.29, 0.717) is 22.5 Å². The maximum Gasteiger partial charge on any atom is 0.264 e. The van der Waals surface area contributed by atoms with E-state index in [4.69, 9.17) is 4.52 Å². The summed E-state index contributed by atoms with van der Waals surface area (Å²) in [5, 5.41) is 8.52. The Bertz CT molecular complexity index is 1410. The van der Waals surface area contributed by atoms with Crippen molar-refractivity contribution in [3.8, 4) is 17.1 Å². The molecule has 3 heterocycles. The maximum atomic E-state index is 13.2. The minimum Gasteiger partial charge on any atom is -0.337 e. The van der Waals surface area contributed by atoms with E-state index < -0.39 is 0 Å². The van der Waals surface area contributed by atoms with Crippen LogP contribution in [0, 0.1) is 5.82 Å². The number of fused-ring (bicyclic) bond motifs is 1. The van der Waals surface area contributed by atoms with Gasteiger partial charge in [0.1, 0.15) is 24.1 Å². The third-order valence-corrected chi connectivity index (χ3v) is 5.03. The second-order valence-electron chi connectivity index (χ2n) is 6.47. The van der Waals surface area contributed by atoms with Gasteiger partial charge in [-0.05, 0) is 48.5 Å². The van der Waals surface area contributed by atoms with E-state index in [1.165, 1.54) is 33.9 Å². The van der Waals surface area contributed by atoms with Crippen LogP contribution < -0.4 is 5.56 Å². The SMILES string of the molecule is O=c1c2cnn(-c3ccc(F)cc3)c2ncn1Cc1nc(-c2ccc(Br)cc2)no1. The zero-order valence-corrected chi connectivity index (χ0v) is 16.8. The van der Waals surface area contributed by atoms with E-state index in [0.717, 1.165) is 10.0 Å². The number of halogens is 2. The maximum absolute atomic E-state index is 13.2. The molecule has 30 heavy (non-hydrogen) atoms. The minimum atomic E-state index is -0.354. The van der Waals surface area contributed by atoms with Crippen LogP contribution in [-0.4, -0.2) is 29.5 Å². The van der Waals surface area contributed by atoms with Gasteiger partial charge in [0.15, 0.2) is 5.65 Å². The molecule has 0 amide bonds. The molecule has 0 aliphatic heterocycles. The fourth-order valence-corrected chi connectivity index (χ4v) is 3.28. The van der Waals surface area contributed by atoms with Crippen molar-refractivity contribution in [2.75, 3.05) is 0 Å². The van der Waals surface area contributed by atoms with E-state index in [2.05, 4.69) is 36.2 Å². The molecular weight excluding hydrogens is 455 g/mol. The van der Waals surface area contributed by atoms with Crippen LogP contribution in [0.5, 0.6) is 0 Å². The molecule has 0 saturated heterocycles. The van der Waals surface area contributed by atoms with Gasteiger partial charge in [0, 0.05) is 10.0 Å². The lowest BCUT2D eigenvalue weighted by molar-refractivity contribution is 0.369. The van der Waals surface area contributed by atoms with Crippen molar-refractivity contribution in [2.24, 2.45) is 0 Å². The van der Waals surface area contributed by atoms with E-state index in [1.54, 1.807) is 12.1 Å². The third kappa shape index (κ3) is 3.30. The molecule has 0 fully saturated rings. The smallest absolute Gasteiger partial charge is 0.264 e. The molecule has 3 aromatic heterocycles. The summed E-state index contributed by atoms with van der Waals surface area (Å²) in [7, 11) is 0. The molecule has 0 atom stereocenters. The lowest BCUT2D eigenvalue weighted by atomic mass is 10.2. The highest BCUT2D eigenvalue weighted by molar-refractivity contribution is 9.10. The van der Waals surface area contributed by atoms with Crippen LogP contribution in [0.25, 0.3) is 28.1 Å². The topological polar surface area (TPSA) is 91.6 Å². The minimum absolute atomic E-state index is 0.0764. The molecule has 0 N–H and O–H groups in total. The van der Waals surface area contributed by atoms with Gasteiger partial charge in [0.05, 0.1) is 11.9 Å². The van der Waals surface area contributed by atoms with Gasteiger partial charge in [-0.1, -0.05) is 21.1 Å². The lowest BCUT2D eigenvalue weighted by Gasteiger charge is -2.04. The highest BCUT2D eigenvalue weighted by atomic mass is 79.9. The van der Waals surface area contributed by atoms with E-state index in [-0.39, 0.29) is 23.8 Å². The van der Waals surface area contributed by atoms with Crippen molar-refractivity contribution in [3.05, 3.63) is 87.6 Å². The average Bonchev–Trinajstić information content (AvgIpc) is 3.39. The second kappa shape index (κ2) is 7.30. The van der Waals surface area contributed by atoms with Crippen molar-refractivity contribution in [2.45, 2.75) is 6.54 Å². The first-order chi connectivity index (χ1) is 14.6. The Morgan fingerprint density at radius 2 is 1.83 bits per heavy atom. The highest BCUT2D eigenvalue weighted by Crippen LogP contribution is 2.19. The van der Waals surface area contributed by atoms with Crippen molar-refractivity contribution >= 4 is 27.0 Å². The van der Waals surface area contributed by atoms with E-state index >= 15 is 0 Å². The van der Waals surface area contributed by atoms with Crippen LogP contribution in [0.2, 0.25) is 0 Å². The van der Waals surface area contributed by atoms with Gasteiger partial charge in [-0.3, -0.25) is 9.36 Å². The second-order valence-corrected chi connectivity index (χ2v) is 7.38. The summed E-state index contributed by atoms with van der Waals surface area (Å²) in [5.74, 6) is 0.360. The van der Waals surface area contributed by atoms with Gasteiger partial charge >= 0.3 is 0 Å². The summed E-state index contributed by atoms with van der Waals surface area (Å²) >= 11 is 3.38. The van der Waals surface area contributed by atoms with Crippen LogP contribution >= 0.6 is 15.9 Å². The molecule has 10 heteroatoms. The van der Waals surface area contributed by atoms with Crippen molar-refractivity contribution in [3.63, 3.8) is 0 Å². The van der Waals surface area contributed by atoms with E-state index in [9.17, 15) is 9.18 Å². The Balaban J connectivity index is 1.46. The molecule has 0 saturated carbocycles. The first-order valence-electron chi connectivity index (χ1n) is 8.86. The van der Waals surface area contributed by atoms with E-state index in [1.807, 2.05) is 24.3 Å². The van der Waals surface area contributed by atoms with Crippen LogP contribution in [-0.2, 0) is 6.54 Å². The normalized spacial score (nSPS) is 11.3. The lowest BCUT2D eigenvalue weighted by Crippen LogP contribution is -2.21. The average molecular weight is 467 g/mol. The number of hydrogen-bond donors (Lipinski definition) is 0. The fourth-order valence-electron chi connectivity index (χ4n) is 3.01. The molecule has 0 spiro atoms. The standard InChI is InChI=1S/C20H12BrFN6O2/c21-13-3-1-12(2-4-13)18-25-17(30-26-18)10-27-11-23-19-16(20(27)29)9-24-28(19)15-7-5-14(22)6-8-15/h1-9,11H,10H2. The summed E-state index contributed by atoms with van der Waals surface area (Å²) < 4.78 is 22.3. The summed E-state index contributed by atoms with van der Waals surface area (Å²) in [4.78, 5) is 21.6. The molecule has 2 aromatic carbocycles. The fraction of sp³-hybridized carbons (Fsp3) is 0.0500. The number of nitrogens with zero attached hydrogens (tertiary/aromatic N) is 6. The molecule has 8 nitrogen and oxygen atoms in total. The van der Waals surface area contributed by atoms with Gasteiger partial charge in [-0.2, -0.15) is 10.1 Å². The predicted octanol–water partition coefficient (Wildman–Crippen LogP) is 3.58. The Kier molecular flexibility index (Phi) is 4.47. The Morgan fingerprint density at radius 1 is 1.07 bits per heavy atom. The van der Waals surface area contributed by atoms with Crippen molar-refractivity contribution < 1.29 is 8.91 Å². The van der Waals surface area contributed by atoms with Crippen LogP contribution in [0.15, 0.2) is 74.8 Å². The quantitative estimate of drug-likeness (QED) is 0.401. The summed E-state index contributed by atoms with van der Waals surface area (Å²) in [6, 6.07) is 13.3. The zero-order chi connectivity index (χ0) is 20.7. The molecule has 0 bridgehead atoms.